The third-order valence-corrected chi connectivity index (χ3v) is 4.51. The highest BCUT2D eigenvalue weighted by molar-refractivity contribution is 9.10. The molecule has 0 aliphatic rings. The Hall–Kier alpha value is -2.17. The van der Waals surface area contributed by atoms with E-state index in [-0.39, 0.29) is 6.04 Å². The van der Waals surface area contributed by atoms with Crippen molar-refractivity contribution in [2.45, 2.75) is 12.5 Å². The van der Waals surface area contributed by atoms with Crippen LogP contribution in [0.5, 0.6) is 5.75 Å². The van der Waals surface area contributed by atoms with E-state index in [4.69, 9.17) is 17.0 Å². The summed E-state index contributed by atoms with van der Waals surface area (Å²) < 4.78 is 6.84. The maximum Gasteiger partial charge on any atom is 0.169 e. The quantitative estimate of drug-likeness (QED) is 0.474. The average molecular weight is 412 g/mol. The van der Waals surface area contributed by atoms with Gasteiger partial charge in [-0.25, -0.2) is 0 Å². The van der Waals surface area contributed by atoms with E-state index in [1.807, 2.05) is 60.7 Å². The second kappa shape index (κ2) is 8.79. The molecule has 25 heavy (non-hydrogen) atoms. The first-order valence-corrected chi connectivity index (χ1v) is 9.23. The lowest BCUT2D eigenvalue weighted by Gasteiger charge is -2.21. The maximum absolute atomic E-state index is 5.83. The van der Waals surface area contributed by atoms with Gasteiger partial charge in [-0.1, -0.05) is 64.5 Å². The highest BCUT2D eigenvalue weighted by Crippen LogP contribution is 2.24. The van der Waals surface area contributed by atoms with Crippen molar-refractivity contribution < 1.29 is 4.74 Å². The lowest BCUT2D eigenvalue weighted by atomic mass is 10.0. The highest BCUT2D eigenvalue weighted by atomic mass is 79.9. The fourth-order valence-electron chi connectivity index (χ4n) is 2.52. The number of thiocarbonyl (C=S) groups is 1. The van der Waals surface area contributed by atoms with Crippen LogP contribution in [0.3, 0.4) is 0 Å². The molecule has 3 aromatic carbocycles. The lowest BCUT2D eigenvalue weighted by molar-refractivity contribution is 0.538. The van der Waals surface area contributed by atoms with Crippen molar-refractivity contribution in [2.24, 2.45) is 0 Å². The van der Waals surface area contributed by atoms with Crippen LogP contribution in [-0.4, -0.2) is 5.05 Å². The largest absolute Gasteiger partial charge is 0.450 e. The molecule has 3 rings (SSSR count). The summed E-state index contributed by atoms with van der Waals surface area (Å²) in [5.41, 5.74) is 2.23. The molecule has 1 N–H and O–H groups in total. The van der Waals surface area contributed by atoms with Crippen molar-refractivity contribution >= 4 is 38.9 Å². The molecule has 2 nitrogen and oxygen atoms in total. The van der Waals surface area contributed by atoms with Crippen LogP contribution >= 0.6 is 28.1 Å². The molecule has 4 heteroatoms. The van der Waals surface area contributed by atoms with E-state index in [1.165, 1.54) is 5.56 Å². The van der Waals surface area contributed by atoms with Crippen LogP contribution in [0.2, 0.25) is 0 Å². The number of halogens is 1. The van der Waals surface area contributed by atoms with Crippen LogP contribution in [0.4, 0.5) is 5.69 Å². The molecule has 0 aliphatic heterocycles. The zero-order valence-electron chi connectivity index (χ0n) is 13.6. The van der Waals surface area contributed by atoms with E-state index in [2.05, 4.69) is 45.5 Å². The van der Waals surface area contributed by atoms with Gasteiger partial charge in [0.25, 0.3) is 0 Å². The van der Waals surface area contributed by atoms with Crippen molar-refractivity contribution in [2.75, 3.05) is 5.32 Å². The monoisotopic (exact) mass is 411 g/mol. The van der Waals surface area contributed by atoms with Crippen molar-refractivity contribution in [1.29, 1.82) is 0 Å². The average Bonchev–Trinajstić information content (AvgIpc) is 2.65. The molecule has 0 amide bonds. The van der Waals surface area contributed by atoms with Gasteiger partial charge < -0.3 is 10.1 Å². The summed E-state index contributed by atoms with van der Waals surface area (Å²) in [5.74, 6) is 0.750. The van der Waals surface area contributed by atoms with Crippen LogP contribution in [-0.2, 0) is 0 Å². The first-order chi connectivity index (χ1) is 12.2. The molecular formula is C21H18BrNOS. The van der Waals surface area contributed by atoms with E-state index >= 15 is 0 Å². The fraction of sp³-hybridized carbons (Fsp3) is 0.0952. The van der Waals surface area contributed by atoms with Crippen molar-refractivity contribution in [1.82, 2.24) is 0 Å². The van der Waals surface area contributed by atoms with E-state index in [9.17, 15) is 0 Å². The summed E-state index contributed by atoms with van der Waals surface area (Å²) in [6.07, 6.45) is 0.601. The van der Waals surface area contributed by atoms with Crippen LogP contribution in [0.15, 0.2) is 89.4 Å². The van der Waals surface area contributed by atoms with E-state index < -0.39 is 0 Å². The minimum Gasteiger partial charge on any atom is -0.450 e. The molecule has 0 radical (unpaired) electrons. The van der Waals surface area contributed by atoms with Gasteiger partial charge in [0.1, 0.15) is 5.75 Å². The van der Waals surface area contributed by atoms with Gasteiger partial charge in [0.05, 0.1) is 6.04 Å². The molecule has 0 aliphatic carbocycles. The standard InChI is InChI=1S/C21H18BrNOS/c22-17-11-13-19(14-12-17)24-21(25)15-20(16-7-3-1-4-8-16)23-18-9-5-2-6-10-18/h1-14,20,23H,15H2. The fourth-order valence-corrected chi connectivity index (χ4v) is 3.04. The Kier molecular flexibility index (Phi) is 6.20. The Morgan fingerprint density at radius 2 is 1.48 bits per heavy atom. The number of hydrogen-bond acceptors (Lipinski definition) is 3. The Balaban J connectivity index is 1.72. The predicted octanol–water partition coefficient (Wildman–Crippen LogP) is 6.40. The SMILES string of the molecule is S=C(CC(Nc1ccccc1)c1ccccc1)Oc1ccc(Br)cc1. The summed E-state index contributed by atoms with van der Waals surface area (Å²) in [6, 6.07) is 28.1. The zero-order valence-corrected chi connectivity index (χ0v) is 16.0. The molecule has 0 saturated heterocycles. The minimum atomic E-state index is 0.0477. The predicted molar refractivity (Wildman–Crippen MR) is 111 cm³/mol. The van der Waals surface area contributed by atoms with Crippen LogP contribution in [0.1, 0.15) is 18.0 Å². The van der Waals surface area contributed by atoms with Crippen molar-refractivity contribution in [3.05, 3.63) is 95.0 Å². The number of hydrogen-bond donors (Lipinski definition) is 1. The minimum absolute atomic E-state index is 0.0477. The second-order valence-corrected chi connectivity index (χ2v) is 6.98. The smallest absolute Gasteiger partial charge is 0.169 e. The number of benzene rings is 3. The topological polar surface area (TPSA) is 21.3 Å². The Bertz CT molecular complexity index is 806. The first-order valence-electron chi connectivity index (χ1n) is 8.03. The molecule has 0 heterocycles. The van der Waals surface area contributed by atoms with E-state index in [0.717, 1.165) is 15.9 Å². The zero-order chi connectivity index (χ0) is 17.5. The number of nitrogens with one attached hydrogen (secondary N) is 1. The van der Waals surface area contributed by atoms with Gasteiger partial charge in [0.15, 0.2) is 5.05 Å². The molecule has 0 aromatic heterocycles. The lowest BCUT2D eigenvalue weighted by Crippen LogP contribution is -2.17. The summed E-state index contributed by atoms with van der Waals surface area (Å²) in [7, 11) is 0. The van der Waals surface area contributed by atoms with Crippen LogP contribution in [0.25, 0.3) is 0 Å². The molecule has 1 unspecified atom stereocenters. The van der Waals surface area contributed by atoms with E-state index in [1.54, 1.807) is 0 Å². The van der Waals surface area contributed by atoms with Gasteiger partial charge in [0.2, 0.25) is 0 Å². The highest BCUT2D eigenvalue weighted by Gasteiger charge is 2.15. The summed E-state index contributed by atoms with van der Waals surface area (Å²) >= 11 is 8.91. The number of ether oxygens (including phenoxy) is 1. The van der Waals surface area contributed by atoms with Gasteiger partial charge in [-0.3, -0.25) is 0 Å². The number of rotatable bonds is 6. The molecule has 0 spiro atoms. The molecule has 0 bridgehead atoms. The van der Waals surface area contributed by atoms with Gasteiger partial charge >= 0.3 is 0 Å². The van der Waals surface area contributed by atoms with Gasteiger partial charge in [-0.15, -0.1) is 0 Å². The van der Waals surface area contributed by atoms with Crippen LogP contribution in [0, 0.1) is 0 Å². The molecule has 0 saturated carbocycles. The number of anilines is 1. The van der Waals surface area contributed by atoms with Gasteiger partial charge in [-0.2, -0.15) is 0 Å². The third-order valence-electron chi connectivity index (χ3n) is 3.73. The Labute approximate surface area is 162 Å². The normalized spacial score (nSPS) is 11.6. The molecule has 0 fully saturated rings. The molecule has 3 aromatic rings. The first kappa shape index (κ1) is 17.6. The Morgan fingerprint density at radius 1 is 0.880 bits per heavy atom. The summed E-state index contributed by atoms with van der Waals surface area (Å²) in [5, 5.41) is 4.10. The molecule has 1 atom stereocenters. The van der Waals surface area contributed by atoms with E-state index in [0.29, 0.717) is 11.5 Å². The van der Waals surface area contributed by atoms with Gasteiger partial charge in [0, 0.05) is 16.6 Å². The maximum atomic E-state index is 5.83. The Morgan fingerprint density at radius 3 is 2.12 bits per heavy atom. The number of para-hydroxylation sites is 1. The third kappa shape index (κ3) is 5.41. The van der Waals surface area contributed by atoms with Crippen molar-refractivity contribution in [3.63, 3.8) is 0 Å². The second-order valence-electron chi connectivity index (χ2n) is 5.61. The van der Waals surface area contributed by atoms with Crippen molar-refractivity contribution in [3.8, 4) is 5.75 Å². The van der Waals surface area contributed by atoms with Crippen LogP contribution < -0.4 is 10.1 Å². The van der Waals surface area contributed by atoms with Gasteiger partial charge in [-0.05, 0) is 54.2 Å². The molecule has 126 valence electrons. The summed E-state index contributed by atoms with van der Waals surface area (Å²) in [4.78, 5) is 0. The molecular weight excluding hydrogens is 394 g/mol. The summed E-state index contributed by atoms with van der Waals surface area (Å²) in [6.45, 7) is 0.